The van der Waals surface area contributed by atoms with Crippen LogP contribution in [-0.4, -0.2) is 28.5 Å². The van der Waals surface area contributed by atoms with Crippen LogP contribution in [0.25, 0.3) is 0 Å². The number of aromatic carboxylic acids is 1. The molecule has 6 nitrogen and oxygen atoms in total. The predicted octanol–water partition coefficient (Wildman–Crippen LogP) is 2.55. The minimum absolute atomic E-state index is 0.0291. The zero-order chi connectivity index (χ0) is 15.4. The summed E-state index contributed by atoms with van der Waals surface area (Å²) < 4.78 is 8.98. The number of hydrogen-bond donors (Lipinski definition) is 2. The maximum Gasteiger partial charge on any atom is 0.340 e. The van der Waals surface area contributed by atoms with Gasteiger partial charge in [-0.15, -0.1) is 0 Å². The van der Waals surface area contributed by atoms with E-state index < -0.39 is 5.97 Å². The number of carbonyl (C=O) groups excluding carboxylic acids is 1. The molecule has 21 heavy (non-hydrogen) atoms. The summed E-state index contributed by atoms with van der Waals surface area (Å²) in [4.78, 5) is 23.3. The fourth-order valence-corrected chi connectivity index (χ4v) is 2.64. The number of rotatable bonds is 5. The van der Waals surface area contributed by atoms with Crippen LogP contribution >= 0.6 is 11.5 Å². The number of nitrogens with zero attached hydrogens (tertiary/aromatic N) is 1. The van der Waals surface area contributed by atoms with Crippen LogP contribution in [0.15, 0.2) is 24.3 Å². The molecular weight excluding hydrogens is 292 g/mol. The van der Waals surface area contributed by atoms with Crippen LogP contribution in [0.2, 0.25) is 0 Å². The summed E-state index contributed by atoms with van der Waals surface area (Å²) in [6.45, 7) is 2.00. The highest BCUT2D eigenvalue weighted by molar-refractivity contribution is 7.11. The highest BCUT2D eigenvalue weighted by Gasteiger charge is 2.19. The predicted molar refractivity (Wildman–Crippen MR) is 78.9 cm³/mol. The normalized spacial score (nSPS) is 10.4. The molecule has 0 aliphatic carbocycles. The second-order valence-corrected chi connectivity index (χ2v) is 5.14. The Morgan fingerprint density at radius 1 is 1.43 bits per heavy atom. The lowest BCUT2D eigenvalue weighted by Crippen LogP contribution is -2.14. The number of aryl methyl sites for hydroxylation is 1. The molecule has 0 radical (unpaired) electrons. The molecule has 2 rings (SSSR count). The molecule has 0 unspecified atom stereocenters. The Labute approximate surface area is 125 Å². The number of carboxylic acid groups (broad SMARTS) is 1. The third-order valence-corrected chi connectivity index (χ3v) is 3.66. The molecule has 0 saturated heterocycles. The van der Waals surface area contributed by atoms with Crippen molar-refractivity contribution in [2.75, 3.05) is 12.4 Å². The largest absolute Gasteiger partial charge is 0.478 e. The van der Waals surface area contributed by atoms with Crippen LogP contribution in [0.4, 0.5) is 5.00 Å². The van der Waals surface area contributed by atoms with Crippen LogP contribution in [0.5, 0.6) is 0 Å². The fraction of sp³-hybridized carbons (Fsp3) is 0.214. The third kappa shape index (κ3) is 3.45. The molecule has 7 heteroatoms. The first-order chi connectivity index (χ1) is 10.0. The van der Waals surface area contributed by atoms with Gasteiger partial charge in [0.1, 0.15) is 10.6 Å². The van der Waals surface area contributed by atoms with E-state index in [0.717, 1.165) is 17.1 Å². The number of anilines is 1. The van der Waals surface area contributed by atoms with Gasteiger partial charge in [0.2, 0.25) is 0 Å². The van der Waals surface area contributed by atoms with Crippen LogP contribution < -0.4 is 5.32 Å². The van der Waals surface area contributed by atoms with Crippen LogP contribution in [-0.2, 0) is 11.3 Å². The van der Waals surface area contributed by atoms with Gasteiger partial charge in [0.05, 0.1) is 12.3 Å². The second kappa shape index (κ2) is 6.47. The lowest BCUT2D eigenvalue weighted by molar-refractivity contribution is 0.0697. The summed E-state index contributed by atoms with van der Waals surface area (Å²) in [7, 11) is 1.58. The molecule has 1 aromatic heterocycles. The number of carboxylic acids is 1. The second-order valence-electron chi connectivity index (χ2n) is 4.36. The molecule has 0 aliphatic heterocycles. The standard InChI is InChI=1S/C14H14N2O4S/c1-8-11(14(18)19)13(21-16-8)15-12(17)10-5-3-4-9(6-10)7-20-2/h3-6H,7H2,1-2H3,(H,15,17)(H,18,19). The summed E-state index contributed by atoms with van der Waals surface area (Å²) in [5.41, 5.74) is 1.72. The van der Waals surface area contributed by atoms with Gasteiger partial charge in [0.15, 0.2) is 0 Å². The van der Waals surface area contributed by atoms with E-state index in [9.17, 15) is 9.59 Å². The topological polar surface area (TPSA) is 88.5 Å². The van der Waals surface area contributed by atoms with Crippen molar-refractivity contribution in [2.24, 2.45) is 0 Å². The fourth-order valence-electron chi connectivity index (χ4n) is 1.85. The van der Waals surface area contributed by atoms with E-state index in [1.807, 2.05) is 6.07 Å². The zero-order valence-corrected chi connectivity index (χ0v) is 12.4. The zero-order valence-electron chi connectivity index (χ0n) is 11.5. The van der Waals surface area contributed by atoms with Gasteiger partial charge in [0.25, 0.3) is 5.91 Å². The Kier molecular flexibility index (Phi) is 4.66. The van der Waals surface area contributed by atoms with Crippen molar-refractivity contribution < 1.29 is 19.4 Å². The van der Waals surface area contributed by atoms with E-state index in [0.29, 0.717) is 17.9 Å². The molecule has 1 amide bonds. The Bertz CT molecular complexity index is 681. The van der Waals surface area contributed by atoms with E-state index in [1.165, 1.54) is 0 Å². The third-order valence-electron chi connectivity index (χ3n) is 2.80. The van der Waals surface area contributed by atoms with E-state index in [1.54, 1.807) is 32.2 Å². The van der Waals surface area contributed by atoms with Crippen molar-refractivity contribution in [1.29, 1.82) is 0 Å². The van der Waals surface area contributed by atoms with E-state index in [2.05, 4.69) is 9.69 Å². The molecule has 1 heterocycles. The van der Waals surface area contributed by atoms with Crippen molar-refractivity contribution in [3.05, 3.63) is 46.6 Å². The van der Waals surface area contributed by atoms with Gasteiger partial charge in [-0.2, -0.15) is 4.37 Å². The quantitative estimate of drug-likeness (QED) is 0.886. The number of benzene rings is 1. The van der Waals surface area contributed by atoms with Crippen LogP contribution in [0, 0.1) is 6.92 Å². The summed E-state index contributed by atoms with van der Waals surface area (Å²) in [6, 6.07) is 6.95. The average molecular weight is 306 g/mol. The van der Waals surface area contributed by atoms with Crippen molar-refractivity contribution in [2.45, 2.75) is 13.5 Å². The highest BCUT2D eigenvalue weighted by Crippen LogP contribution is 2.25. The van der Waals surface area contributed by atoms with Crippen molar-refractivity contribution >= 4 is 28.4 Å². The Morgan fingerprint density at radius 2 is 2.19 bits per heavy atom. The first-order valence-electron chi connectivity index (χ1n) is 6.11. The lowest BCUT2D eigenvalue weighted by atomic mass is 10.1. The van der Waals surface area contributed by atoms with E-state index in [-0.39, 0.29) is 16.5 Å². The number of carbonyl (C=O) groups is 2. The summed E-state index contributed by atoms with van der Waals surface area (Å²) in [5.74, 6) is -1.48. The number of nitrogens with one attached hydrogen (secondary N) is 1. The van der Waals surface area contributed by atoms with Gasteiger partial charge in [-0.3, -0.25) is 4.79 Å². The minimum Gasteiger partial charge on any atom is -0.478 e. The van der Waals surface area contributed by atoms with Gasteiger partial charge in [0, 0.05) is 12.7 Å². The number of amides is 1. The van der Waals surface area contributed by atoms with E-state index >= 15 is 0 Å². The molecule has 0 bridgehead atoms. The minimum atomic E-state index is -1.11. The average Bonchev–Trinajstić information content (AvgIpc) is 2.80. The first kappa shape index (κ1) is 15.1. The maximum atomic E-state index is 12.2. The molecule has 0 fully saturated rings. The molecular formula is C14H14N2O4S. The van der Waals surface area contributed by atoms with Crippen LogP contribution in [0.1, 0.15) is 32.0 Å². The summed E-state index contributed by atoms with van der Waals surface area (Å²) in [6.07, 6.45) is 0. The number of ether oxygens (including phenoxy) is 1. The first-order valence-corrected chi connectivity index (χ1v) is 6.89. The highest BCUT2D eigenvalue weighted by atomic mass is 32.1. The lowest BCUT2D eigenvalue weighted by Gasteiger charge is -2.06. The molecule has 0 spiro atoms. The smallest absolute Gasteiger partial charge is 0.340 e. The van der Waals surface area contributed by atoms with Crippen LogP contribution in [0.3, 0.4) is 0 Å². The van der Waals surface area contributed by atoms with Gasteiger partial charge in [-0.1, -0.05) is 12.1 Å². The van der Waals surface area contributed by atoms with Gasteiger partial charge >= 0.3 is 5.97 Å². The molecule has 0 saturated carbocycles. The maximum absolute atomic E-state index is 12.2. The van der Waals surface area contributed by atoms with Crippen molar-refractivity contribution in [1.82, 2.24) is 4.37 Å². The number of methoxy groups -OCH3 is 1. The van der Waals surface area contributed by atoms with Crippen molar-refractivity contribution in [3.63, 3.8) is 0 Å². The molecule has 2 aromatic rings. The number of aromatic nitrogens is 1. The molecule has 110 valence electrons. The van der Waals surface area contributed by atoms with Gasteiger partial charge in [-0.25, -0.2) is 4.79 Å². The molecule has 0 aliphatic rings. The van der Waals surface area contributed by atoms with E-state index in [4.69, 9.17) is 9.84 Å². The number of hydrogen-bond acceptors (Lipinski definition) is 5. The summed E-state index contributed by atoms with van der Waals surface area (Å²) >= 11 is 0.954. The Morgan fingerprint density at radius 3 is 2.86 bits per heavy atom. The van der Waals surface area contributed by atoms with Gasteiger partial charge < -0.3 is 15.2 Å². The Hall–Kier alpha value is -2.25. The SMILES string of the molecule is COCc1cccc(C(=O)Nc2snc(C)c2C(=O)O)c1. The molecule has 0 atom stereocenters. The van der Waals surface area contributed by atoms with Gasteiger partial charge in [-0.05, 0) is 36.2 Å². The molecule has 1 aromatic carbocycles. The van der Waals surface area contributed by atoms with Crippen molar-refractivity contribution in [3.8, 4) is 0 Å². The monoisotopic (exact) mass is 306 g/mol. The molecule has 2 N–H and O–H groups in total. The Balaban J connectivity index is 2.22. The summed E-state index contributed by atoms with van der Waals surface area (Å²) in [5, 5.41) is 12.0.